The molecule has 0 aromatic carbocycles. The van der Waals surface area contributed by atoms with Crippen LogP contribution in [0.4, 0.5) is 0 Å². The molecule has 0 bridgehead atoms. The van der Waals surface area contributed by atoms with Gasteiger partial charge in [-0.1, -0.05) is 12.8 Å². The fourth-order valence-electron chi connectivity index (χ4n) is 3.85. The Balaban J connectivity index is 2.28. The molecule has 0 spiro atoms. The van der Waals surface area contributed by atoms with Crippen molar-refractivity contribution in [2.45, 2.75) is 56.7 Å². The number of carbonyl (C=O) groups excluding carboxylic acids is 1. The summed E-state index contributed by atoms with van der Waals surface area (Å²) in [6, 6.07) is -0.591. The van der Waals surface area contributed by atoms with E-state index in [1.807, 2.05) is 0 Å². The van der Waals surface area contributed by atoms with Gasteiger partial charge < -0.3 is 9.84 Å². The van der Waals surface area contributed by atoms with Gasteiger partial charge in [-0.2, -0.15) is 4.31 Å². The first-order valence-corrected chi connectivity index (χ1v) is 9.62. The molecule has 132 valence electrons. The molecule has 1 aliphatic heterocycles. The first-order valence-electron chi connectivity index (χ1n) is 8.12. The summed E-state index contributed by atoms with van der Waals surface area (Å²) in [6.45, 7) is 1.96. The Kier molecular flexibility index (Phi) is 5.67. The molecule has 0 radical (unpaired) electrons. The lowest BCUT2D eigenvalue weighted by Crippen LogP contribution is -2.54. The molecule has 8 heteroatoms. The predicted octanol–water partition coefficient (Wildman–Crippen LogP) is 1.23. The maximum Gasteiger partial charge on any atom is 0.310 e. The van der Waals surface area contributed by atoms with E-state index in [2.05, 4.69) is 0 Å². The van der Waals surface area contributed by atoms with Crippen LogP contribution in [0.5, 0.6) is 0 Å². The summed E-state index contributed by atoms with van der Waals surface area (Å²) in [5, 5.41) is 8.48. The molecule has 1 heterocycles. The van der Waals surface area contributed by atoms with E-state index in [9.17, 15) is 23.1 Å². The fourth-order valence-corrected chi connectivity index (χ4v) is 6.32. The smallest absolute Gasteiger partial charge is 0.310 e. The molecule has 1 saturated heterocycles. The van der Waals surface area contributed by atoms with Gasteiger partial charge in [-0.25, -0.2) is 8.42 Å². The minimum Gasteiger partial charge on any atom is -0.481 e. The van der Waals surface area contributed by atoms with Gasteiger partial charge in [0.2, 0.25) is 10.0 Å². The Bertz CT molecular complexity index is 560. The van der Waals surface area contributed by atoms with Gasteiger partial charge in [0.05, 0.1) is 24.2 Å². The van der Waals surface area contributed by atoms with Crippen LogP contribution in [0.15, 0.2) is 0 Å². The lowest BCUT2D eigenvalue weighted by Gasteiger charge is -2.40. The van der Waals surface area contributed by atoms with E-state index >= 15 is 0 Å². The summed E-state index contributed by atoms with van der Waals surface area (Å²) in [4.78, 5) is 23.3. The van der Waals surface area contributed by atoms with E-state index in [0.717, 1.165) is 12.8 Å². The Labute approximate surface area is 137 Å². The molecule has 23 heavy (non-hydrogen) atoms. The zero-order valence-electron chi connectivity index (χ0n) is 13.6. The number of carboxylic acid groups (broad SMARTS) is 1. The highest BCUT2D eigenvalue weighted by molar-refractivity contribution is 7.89. The molecule has 0 amide bonds. The predicted molar refractivity (Wildman–Crippen MR) is 83.2 cm³/mol. The lowest BCUT2D eigenvalue weighted by molar-refractivity contribution is -0.147. The van der Waals surface area contributed by atoms with Crippen LogP contribution < -0.4 is 0 Å². The number of ether oxygens (including phenoxy) is 1. The topological polar surface area (TPSA) is 101 Å². The molecule has 2 rings (SSSR count). The van der Waals surface area contributed by atoms with E-state index in [4.69, 9.17) is 4.74 Å². The normalized spacial score (nSPS) is 33.1. The number of methoxy groups -OCH3 is 1. The van der Waals surface area contributed by atoms with Crippen molar-refractivity contribution in [2.24, 2.45) is 11.8 Å². The van der Waals surface area contributed by atoms with Crippen molar-refractivity contribution < 1.29 is 27.9 Å². The van der Waals surface area contributed by atoms with Gasteiger partial charge in [-0.05, 0) is 32.6 Å². The number of aliphatic carboxylic acids is 1. The maximum atomic E-state index is 13.1. The zero-order chi connectivity index (χ0) is 17.2. The number of sulfonamides is 1. The number of hydrogen-bond donors (Lipinski definition) is 1. The first kappa shape index (κ1) is 18.2. The van der Waals surface area contributed by atoms with E-state index in [1.165, 1.54) is 11.4 Å². The summed E-state index contributed by atoms with van der Waals surface area (Å²) in [5.41, 5.74) is 0. The van der Waals surface area contributed by atoms with Gasteiger partial charge in [0, 0.05) is 12.6 Å². The number of esters is 1. The number of piperidine rings is 1. The average Bonchev–Trinajstić information content (AvgIpc) is 2.53. The molecule has 1 saturated carbocycles. The molecule has 1 aliphatic carbocycles. The van der Waals surface area contributed by atoms with Crippen molar-refractivity contribution in [1.82, 2.24) is 4.31 Å². The molecule has 2 unspecified atom stereocenters. The van der Waals surface area contributed by atoms with Gasteiger partial charge in [0.25, 0.3) is 0 Å². The minimum absolute atomic E-state index is 0.317. The van der Waals surface area contributed by atoms with Crippen LogP contribution in [0.3, 0.4) is 0 Å². The van der Waals surface area contributed by atoms with Crippen molar-refractivity contribution >= 4 is 22.0 Å². The van der Waals surface area contributed by atoms with Crippen molar-refractivity contribution in [3.05, 3.63) is 0 Å². The average molecular weight is 347 g/mol. The van der Waals surface area contributed by atoms with Gasteiger partial charge in [0.15, 0.2) is 0 Å². The molecule has 0 aromatic heterocycles. The van der Waals surface area contributed by atoms with Crippen LogP contribution in [-0.4, -0.2) is 54.7 Å². The SMILES string of the molecule is COC(=O)C1CCCCC1S(=O)(=O)N1CCC[C@H](C(=O)O)[C@@H]1C. The fraction of sp³-hybridized carbons (Fsp3) is 0.867. The van der Waals surface area contributed by atoms with E-state index in [0.29, 0.717) is 32.2 Å². The third-order valence-electron chi connectivity index (χ3n) is 5.16. The highest BCUT2D eigenvalue weighted by Gasteiger charge is 2.47. The Morgan fingerprint density at radius 1 is 1.09 bits per heavy atom. The highest BCUT2D eigenvalue weighted by atomic mass is 32.2. The van der Waals surface area contributed by atoms with Gasteiger partial charge >= 0.3 is 11.9 Å². The molecule has 2 fully saturated rings. The largest absolute Gasteiger partial charge is 0.481 e. The molecule has 2 aliphatic rings. The number of hydrogen-bond acceptors (Lipinski definition) is 5. The molecule has 4 atom stereocenters. The van der Waals surface area contributed by atoms with Crippen molar-refractivity contribution in [3.8, 4) is 0 Å². The lowest BCUT2D eigenvalue weighted by atomic mass is 9.89. The van der Waals surface area contributed by atoms with Gasteiger partial charge in [-0.3, -0.25) is 9.59 Å². The second-order valence-corrected chi connectivity index (χ2v) is 8.54. The molecule has 1 N–H and O–H groups in total. The zero-order valence-corrected chi connectivity index (χ0v) is 14.4. The Morgan fingerprint density at radius 2 is 1.70 bits per heavy atom. The number of carbonyl (C=O) groups is 2. The quantitative estimate of drug-likeness (QED) is 0.768. The maximum absolute atomic E-state index is 13.1. The van der Waals surface area contributed by atoms with E-state index in [1.54, 1.807) is 6.92 Å². The third kappa shape index (κ3) is 3.52. The van der Waals surface area contributed by atoms with E-state index < -0.39 is 45.1 Å². The first-order chi connectivity index (χ1) is 10.8. The number of carboxylic acids is 1. The van der Waals surface area contributed by atoms with Crippen molar-refractivity contribution in [2.75, 3.05) is 13.7 Å². The van der Waals surface area contributed by atoms with E-state index in [-0.39, 0.29) is 0 Å². The Morgan fingerprint density at radius 3 is 2.30 bits per heavy atom. The van der Waals surface area contributed by atoms with Crippen LogP contribution >= 0.6 is 0 Å². The third-order valence-corrected chi connectivity index (χ3v) is 7.66. The molecular weight excluding hydrogens is 322 g/mol. The van der Waals surface area contributed by atoms with Gasteiger partial charge in [0.1, 0.15) is 0 Å². The summed E-state index contributed by atoms with van der Waals surface area (Å²) in [7, 11) is -2.47. The van der Waals surface area contributed by atoms with Crippen LogP contribution in [0.2, 0.25) is 0 Å². The molecule has 7 nitrogen and oxygen atoms in total. The van der Waals surface area contributed by atoms with Crippen molar-refractivity contribution in [3.63, 3.8) is 0 Å². The monoisotopic (exact) mass is 347 g/mol. The standard InChI is InChI=1S/C15H25NO6S/c1-10-11(14(17)18)7-5-9-16(10)23(20,21)13-8-4-3-6-12(13)15(19)22-2/h10-13H,3-9H2,1-2H3,(H,17,18)/t10-,11-,12?,13?/m0/s1. The Hall–Kier alpha value is -1.15. The summed E-state index contributed by atoms with van der Waals surface area (Å²) < 4.78 is 32.2. The molecular formula is C15H25NO6S. The van der Waals surface area contributed by atoms with Crippen LogP contribution in [0.25, 0.3) is 0 Å². The van der Waals surface area contributed by atoms with Gasteiger partial charge in [-0.15, -0.1) is 0 Å². The van der Waals surface area contributed by atoms with Crippen LogP contribution in [0.1, 0.15) is 45.4 Å². The summed E-state index contributed by atoms with van der Waals surface area (Å²) >= 11 is 0. The van der Waals surface area contributed by atoms with Crippen LogP contribution in [-0.2, 0) is 24.3 Å². The number of rotatable bonds is 4. The minimum atomic E-state index is -3.74. The second kappa shape index (κ2) is 7.17. The van der Waals surface area contributed by atoms with Crippen molar-refractivity contribution in [1.29, 1.82) is 0 Å². The second-order valence-electron chi connectivity index (χ2n) is 6.44. The number of nitrogens with zero attached hydrogens (tertiary/aromatic N) is 1. The molecule has 0 aromatic rings. The highest BCUT2D eigenvalue weighted by Crippen LogP contribution is 2.35. The summed E-state index contributed by atoms with van der Waals surface area (Å²) in [5.74, 6) is -2.81. The summed E-state index contributed by atoms with van der Waals surface area (Å²) in [6.07, 6.45) is 3.48. The van der Waals surface area contributed by atoms with Crippen LogP contribution in [0, 0.1) is 11.8 Å².